The maximum atomic E-state index is 13.8. The van der Waals surface area contributed by atoms with E-state index in [2.05, 4.69) is 21.4 Å². The highest BCUT2D eigenvalue weighted by atomic mass is 79.9. The van der Waals surface area contributed by atoms with E-state index in [9.17, 15) is 4.39 Å². The van der Waals surface area contributed by atoms with Gasteiger partial charge in [-0.05, 0) is 37.3 Å². The lowest BCUT2D eigenvalue weighted by Crippen LogP contribution is -2.28. The zero-order valence-electron chi connectivity index (χ0n) is 9.21. The van der Waals surface area contributed by atoms with Crippen molar-refractivity contribution in [1.29, 1.82) is 0 Å². The van der Waals surface area contributed by atoms with E-state index in [1.807, 2.05) is 19.1 Å². The van der Waals surface area contributed by atoms with Gasteiger partial charge in [-0.1, -0.05) is 15.9 Å². The van der Waals surface area contributed by atoms with Gasteiger partial charge in [0.05, 0.1) is 6.04 Å². The quantitative estimate of drug-likeness (QED) is 0.672. The zero-order chi connectivity index (χ0) is 12.4. The van der Waals surface area contributed by atoms with Crippen LogP contribution in [0.5, 0.6) is 0 Å². The van der Waals surface area contributed by atoms with E-state index in [1.165, 1.54) is 10.9 Å². The van der Waals surface area contributed by atoms with Gasteiger partial charge in [-0.15, -0.1) is 11.3 Å². The van der Waals surface area contributed by atoms with Crippen LogP contribution in [-0.2, 0) is 0 Å². The standard InChI is InChI=1S/C12H12BrFN2S/c1-7-2-5-11(17-7)12(16-15)9-6-8(13)3-4-10(9)14/h2-6,12,16H,15H2,1H3. The molecule has 17 heavy (non-hydrogen) atoms. The first-order valence-electron chi connectivity index (χ1n) is 5.09. The first-order chi connectivity index (χ1) is 8.11. The van der Waals surface area contributed by atoms with Gasteiger partial charge in [0.1, 0.15) is 5.82 Å². The maximum Gasteiger partial charge on any atom is 0.128 e. The van der Waals surface area contributed by atoms with Crippen LogP contribution >= 0.6 is 27.3 Å². The van der Waals surface area contributed by atoms with Crippen molar-refractivity contribution in [3.8, 4) is 0 Å². The molecule has 0 saturated carbocycles. The summed E-state index contributed by atoms with van der Waals surface area (Å²) in [4.78, 5) is 2.18. The van der Waals surface area contributed by atoms with Crippen molar-refractivity contribution < 1.29 is 4.39 Å². The Balaban J connectivity index is 2.45. The molecule has 0 radical (unpaired) electrons. The normalized spacial score (nSPS) is 12.7. The predicted molar refractivity (Wildman–Crippen MR) is 72.3 cm³/mol. The number of hydrogen-bond donors (Lipinski definition) is 2. The second kappa shape index (κ2) is 5.27. The fraction of sp³-hybridized carbons (Fsp3) is 0.167. The van der Waals surface area contributed by atoms with Crippen LogP contribution in [0.3, 0.4) is 0 Å². The smallest absolute Gasteiger partial charge is 0.128 e. The monoisotopic (exact) mass is 314 g/mol. The van der Waals surface area contributed by atoms with Crippen molar-refractivity contribution in [2.45, 2.75) is 13.0 Å². The Morgan fingerprint density at radius 1 is 1.35 bits per heavy atom. The van der Waals surface area contributed by atoms with Crippen molar-refractivity contribution >= 4 is 27.3 Å². The van der Waals surface area contributed by atoms with Crippen LogP contribution in [0, 0.1) is 12.7 Å². The van der Waals surface area contributed by atoms with Crippen LogP contribution < -0.4 is 11.3 Å². The number of benzene rings is 1. The molecule has 0 bridgehead atoms. The molecule has 1 heterocycles. The summed E-state index contributed by atoms with van der Waals surface area (Å²) in [6.45, 7) is 2.01. The van der Waals surface area contributed by atoms with Gasteiger partial charge in [0, 0.05) is 19.8 Å². The Bertz CT molecular complexity index is 527. The Labute approximate surface area is 112 Å². The fourth-order valence-electron chi connectivity index (χ4n) is 1.67. The predicted octanol–water partition coefficient (Wildman–Crippen LogP) is 3.51. The van der Waals surface area contributed by atoms with Gasteiger partial charge in [0.2, 0.25) is 0 Å². The number of rotatable bonds is 3. The molecule has 5 heteroatoms. The molecular formula is C12H12BrFN2S. The Morgan fingerprint density at radius 2 is 2.12 bits per heavy atom. The number of nitrogens with one attached hydrogen (secondary N) is 1. The third-order valence-corrected chi connectivity index (χ3v) is 4.04. The summed E-state index contributed by atoms with van der Waals surface area (Å²) >= 11 is 4.95. The highest BCUT2D eigenvalue weighted by Crippen LogP contribution is 2.30. The number of thiophene rings is 1. The van der Waals surface area contributed by atoms with E-state index >= 15 is 0 Å². The van der Waals surface area contributed by atoms with E-state index < -0.39 is 0 Å². The van der Waals surface area contributed by atoms with Crippen molar-refractivity contribution in [1.82, 2.24) is 5.43 Å². The minimum Gasteiger partial charge on any atom is -0.271 e. The Morgan fingerprint density at radius 3 is 2.71 bits per heavy atom. The summed E-state index contributed by atoms with van der Waals surface area (Å²) in [5.41, 5.74) is 3.21. The summed E-state index contributed by atoms with van der Waals surface area (Å²) in [7, 11) is 0. The van der Waals surface area contributed by atoms with Gasteiger partial charge in [0.15, 0.2) is 0 Å². The first-order valence-corrected chi connectivity index (χ1v) is 6.70. The topological polar surface area (TPSA) is 38.0 Å². The van der Waals surface area contributed by atoms with E-state index in [0.29, 0.717) is 5.56 Å². The molecule has 1 aromatic heterocycles. The zero-order valence-corrected chi connectivity index (χ0v) is 11.6. The molecule has 0 aliphatic carbocycles. The van der Waals surface area contributed by atoms with E-state index in [-0.39, 0.29) is 11.9 Å². The molecule has 3 N–H and O–H groups in total. The molecule has 0 fully saturated rings. The molecule has 0 saturated heterocycles. The van der Waals surface area contributed by atoms with Crippen molar-refractivity contribution in [3.63, 3.8) is 0 Å². The lowest BCUT2D eigenvalue weighted by molar-refractivity contribution is 0.564. The van der Waals surface area contributed by atoms with Crippen molar-refractivity contribution in [2.24, 2.45) is 5.84 Å². The lowest BCUT2D eigenvalue weighted by atomic mass is 10.1. The van der Waals surface area contributed by atoms with Crippen LogP contribution in [0.4, 0.5) is 4.39 Å². The maximum absolute atomic E-state index is 13.8. The van der Waals surface area contributed by atoms with Crippen molar-refractivity contribution in [2.75, 3.05) is 0 Å². The van der Waals surface area contributed by atoms with Gasteiger partial charge in [0.25, 0.3) is 0 Å². The highest BCUT2D eigenvalue weighted by molar-refractivity contribution is 9.10. The molecule has 1 aromatic carbocycles. The molecule has 2 rings (SSSR count). The van der Waals surface area contributed by atoms with E-state index in [4.69, 9.17) is 5.84 Å². The molecule has 0 amide bonds. The molecule has 90 valence electrons. The molecule has 0 spiro atoms. The Hall–Kier alpha value is -0.750. The second-order valence-corrected chi connectivity index (χ2v) is 5.95. The van der Waals surface area contributed by atoms with Crippen LogP contribution in [0.15, 0.2) is 34.8 Å². The highest BCUT2D eigenvalue weighted by Gasteiger charge is 2.18. The molecule has 2 aromatic rings. The molecule has 1 unspecified atom stereocenters. The van der Waals surface area contributed by atoms with Crippen LogP contribution in [0.25, 0.3) is 0 Å². The lowest BCUT2D eigenvalue weighted by Gasteiger charge is -2.15. The molecular weight excluding hydrogens is 303 g/mol. The molecule has 0 aliphatic rings. The largest absolute Gasteiger partial charge is 0.271 e. The third kappa shape index (κ3) is 2.74. The average Bonchev–Trinajstić information content (AvgIpc) is 2.71. The minimum atomic E-state index is -0.314. The van der Waals surface area contributed by atoms with Crippen LogP contribution in [0.1, 0.15) is 21.4 Å². The molecule has 2 nitrogen and oxygen atoms in total. The van der Waals surface area contributed by atoms with Gasteiger partial charge in [-0.25, -0.2) is 9.82 Å². The summed E-state index contributed by atoms with van der Waals surface area (Å²) in [5, 5.41) is 0. The average molecular weight is 315 g/mol. The van der Waals surface area contributed by atoms with Gasteiger partial charge in [-0.2, -0.15) is 0 Å². The molecule has 1 atom stereocenters. The van der Waals surface area contributed by atoms with E-state index in [0.717, 1.165) is 9.35 Å². The van der Waals surface area contributed by atoms with Crippen LogP contribution in [-0.4, -0.2) is 0 Å². The third-order valence-electron chi connectivity index (χ3n) is 2.48. The van der Waals surface area contributed by atoms with Gasteiger partial charge >= 0.3 is 0 Å². The van der Waals surface area contributed by atoms with E-state index in [1.54, 1.807) is 23.5 Å². The number of halogens is 2. The summed E-state index contributed by atoms with van der Waals surface area (Å²) in [6, 6.07) is 8.50. The number of aryl methyl sites for hydroxylation is 1. The van der Waals surface area contributed by atoms with Crippen LogP contribution in [0.2, 0.25) is 0 Å². The SMILES string of the molecule is Cc1ccc(C(NN)c2cc(Br)ccc2F)s1. The van der Waals surface area contributed by atoms with Gasteiger partial charge < -0.3 is 0 Å². The summed E-state index contributed by atoms with van der Waals surface area (Å²) in [6.07, 6.45) is 0. The summed E-state index contributed by atoms with van der Waals surface area (Å²) < 4.78 is 14.6. The number of hydrogen-bond acceptors (Lipinski definition) is 3. The number of hydrazine groups is 1. The first kappa shape index (κ1) is 12.7. The minimum absolute atomic E-state index is 0.262. The fourth-order valence-corrected chi connectivity index (χ4v) is 3.01. The van der Waals surface area contributed by atoms with Crippen molar-refractivity contribution in [3.05, 3.63) is 55.9 Å². The Kier molecular flexibility index (Phi) is 3.93. The summed E-state index contributed by atoms with van der Waals surface area (Å²) in [5.74, 6) is 5.28. The molecule has 0 aliphatic heterocycles. The number of nitrogens with two attached hydrogens (primary N) is 1. The second-order valence-electron chi connectivity index (χ2n) is 3.71. The van der Waals surface area contributed by atoms with Gasteiger partial charge in [-0.3, -0.25) is 5.84 Å².